The number of piperidine rings is 1. The number of ether oxygens (including phenoxy) is 2. The van der Waals surface area contributed by atoms with Gasteiger partial charge in [-0.2, -0.15) is 0 Å². The van der Waals surface area contributed by atoms with Crippen molar-refractivity contribution in [2.24, 2.45) is 5.73 Å². The first-order chi connectivity index (χ1) is 8.74. The lowest BCUT2D eigenvalue weighted by Gasteiger charge is -2.30. The van der Waals surface area contributed by atoms with Crippen LogP contribution in [0.1, 0.15) is 18.4 Å². The van der Waals surface area contributed by atoms with Crippen molar-refractivity contribution < 1.29 is 9.47 Å². The molecule has 0 radical (unpaired) electrons. The Morgan fingerprint density at radius 3 is 2.67 bits per heavy atom. The molecule has 1 heterocycles. The van der Waals surface area contributed by atoms with Crippen LogP contribution in [-0.4, -0.2) is 38.3 Å². The van der Waals surface area contributed by atoms with Gasteiger partial charge in [-0.15, -0.1) is 0 Å². The summed E-state index contributed by atoms with van der Waals surface area (Å²) in [5.41, 5.74) is 6.77. The van der Waals surface area contributed by atoms with Crippen molar-refractivity contribution in [1.82, 2.24) is 4.90 Å². The van der Waals surface area contributed by atoms with Crippen LogP contribution in [0.5, 0.6) is 11.5 Å². The van der Waals surface area contributed by atoms with E-state index in [-0.39, 0.29) is 6.10 Å². The molecule has 0 aliphatic carbocycles. The first-order valence-corrected chi connectivity index (χ1v) is 6.45. The molecule has 1 aliphatic rings. The molecule has 4 heteroatoms. The van der Waals surface area contributed by atoms with Crippen LogP contribution in [0.25, 0.3) is 0 Å². The zero-order valence-corrected chi connectivity index (χ0v) is 11.2. The van der Waals surface area contributed by atoms with Gasteiger partial charge in [-0.05, 0) is 26.0 Å². The van der Waals surface area contributed by atoms with E-state index >= 15 is 0 Å². The van der Waals surface area contributed by atoms with Gasteiger partial charge < -0.3 is 20.1 Å². The number of nitrogens with zero attached hydrogens (tertiary/aromatic N) is 1. The third-order valence-corrected chi connectivity index (χ3v) is 3.45. The van der Waals surface area contributed by atoms with E-state index in [1.54, 1.807) is 7.11 Å². The number of likely N-dealkylation sites (tertiary alicyclic amines) is 1. The Hall–Kier alpha value is -1.26. The highest BCUT2D eigenvalue weighted by atomic mass is 16.5. The van der Waals surface area contributed by atoms with Crippen molar-refractivity contribution in [2.45, 2.75) is 25.5 Å². The zero-order valence-electron chi connectivity index (χ0n) is 11.2. The van der Waals surface area contributed by atoms with Crippen LogP contribution in [0.15, 0.2) is 18.2 Å². The van der Waals surface area contributed by atoms with E-state index in [2.05, 4.69) is 11.9 Å². The summed E-state index contributed by atoms with van der Waals surface area (Å²) in [6, 6.07) is 5.86. The number of nitrogens with two attached hydrogens (primary N) is 1. The second-order valence-corrected chi connectivity index (χ2v) is 4.77. The molecule has 1 aromatic rings. The van der Waals surface area contributed by atoms with Gasteiger partial charge in [0, 0.05) is 25.2 Å². The summed E-state index contributed by atoms with van der Waals surface area (Å²) in [5, 5.41) is 0. The van der Waals surface area contributed by atoms with Crippen molar-refractivity contribution in [1.29, 1.82) is 0 Å². The van der Waals surface area contributed by atoms with Crippen LogP contribution < -0.4 is 15.2 Å². The van der Waals surface area contributed by atoms with E-state index in [1.807, 2.05) is 18.2 Å². The van der Waals surface area contributed by atoms with Crippen LogP contribution >= 0.6 is 0 Å². The van der Waals surface area contributed by atoms with E-state index < -0.39 is 0 Å². The molecule has 1 aromatic carbocycles. The zero-order chi connectivity index (χ0) is 13.0. The van der Waals surface area contributed by atoms with Gasteiger partial charge in [0.05, 0.1) is 7.11 Å². The third-order valence-electron chi connectivity index (χ3n) is 3.45. The quantitative estimate of drug-likeness (QED) is 0.882. The van der Waals surface area contributed by atoms with Gasteiger partial charge >= 0.3 is 0 Å². The van der Waals surface area contributed by atoms with Crippen LogP contribution in [0.3, 0.4) is 0 Å². The maximum Gasteiger partial charge on any atom is 0.166 e. The Morgan fingerprint density at radius 2 is 2.06 bits per heavy atom. The molecule has 0 saturated carbocycles. The summed E-state index contributed by atoms with van der Waals surface area (Å²) in [4.78, 5) is 2.33. The summed E-state index contributed by atoms with van der Waals surface area (Å²) in [5.74, 6) is 1.59. The Kier molecular flexibility index (Phi) is 4.44. The molecule has 18 heavy (non-hydrogen) atoms. The molecular weight excluding hydrogens is 228 g/mol. The van der Waals surface area contributed by atoms with Crippen LogP contribution in [0.2, 0.25) is 0 Å². The molecule has 0 atom stereocenters. The van der Waals surface area contributed by atoms with E-state index in [1.165, 1.54) is 0 Å². The van der Waals surface area contributed by atoms with Gasteiger partial charge in [-0.25, -0.2) is 0 Å². The van der Waals surface area contributed by atoms with Gasteiger partial charge in [0.1, 0.15) is 6.10 Å². The summed E-state index contributed by atoms with van der Waals surface area (Å²) in [6.45, 7) is 2.63. The summed E-state index contributed by atoms with van der Waals surface area (Å²) in [6.07, 6.45) is 2.37. The second-order valence-electron chi connectivity index (χ2n) is 4.77. The minimum Gasteiger partial charge on any atom is -0.493 e. The molecule has 0 unspecified atom stereocenters. The predicted octanol–water partition coefficient (Wildman–Crippen LogP) is 1.63. The lowest BCUT2D eigenvalue weighted by Crippen LogP contribution is -2.35. The number of hydrogen-bond acceptors (Lipinski definition) is 4. The summed E-state index contributed by atoms with van der Waals surface area (Å²) in [7, 11) is 3.81. The molecule has 1 aliphatic heterocycles. The second kappa shape index (κ2) is 6.07. The SMILES string of the molecule is COc1cccc(CN)c1OC1CCN(C)CC1. The summed E-state index contributed by atoms with van der Waals surface area (Å²) >= 11 is 0. The first-order valence-electron chi connectivity index (χ1n) is 6.45. The van der Waals surface area contributed by atoms with Crippen molar-refractivity contribution in [3.8, 4) is 11.5 Å². The molecule has 1 fully saturated rings. The smallest absolute Gasteiger partial charge is 0.166 e. The standard InChI is InChI=1S/C14H22N2O2/c1-16-8-6-12(7-9-16)18-14-11(10-15)4-3-5-13(14)17-2/h3-5,12H,6-10,15H2,1-2H3. The van der Waals surface area contributed by atoms with Crippen molar-refractivity contribution in [3.63, 3.8) is 0 Å². The van der Waals surface area contributed by atoms with E-state index in [4.69, 9.17) is 15.2 Å². The molecule has 0 bridgehead atoms. The van der Waals surface area contributed by atoms with E-state index in [0.29, 0.717) is 6.54 Å². The van der Waals surface area contributed by atoms with Gasteiger partial charge in [0.2, 0.25) is 0 Å². The average molecular weight is 250 g/mol. The summed E-state index contributed by atoms with van der Waals surface area (Å²) < 4.78 is 11.5. The fourth-order valence-electron chi connectivity index (χ4n) is 2.29. The van der Waals surface area contributed by atoms with Crippen LogP contribution in [0.4, 0.5) is 0 Å². The van der Waals surface area contributed by atoms with Gasteiger partial charge in [-0.3, -0.25) is 0 Å². The molecule has 0 amide bonds. The van der Waals surface area contributed by atoms with Crippen molar-refractivity contribution in [2.75, 3.05) is 27.2 Å². The number of rotatable bonds is 4. The lowest BCUT2D eigenvalue weighted by atomic mass is 10.1. The van der Waals surface area contributed by atoms with Gasteiger partial charge in [0.15, 0.2) is 11.5 Å². The molecule has 100 valence electrons. The highest BCUT2D eigenvalue weighted by Gasteiger charge is 2.20. The molecule has 4 nitrogen and oxygen atoms in total. The highest BCUT2D eigenvalue weighted by molar-refractivity contribution is 5.46. The monoisotopic (exact) mass is 250 g/mol. The van der Waals surface area contributed by atoms with Gasteiger partial charge in [0.25, 0.3) is 0 Å². The number of hydrogen-bond donors (Lipinski definition) is 1. The molecule has 1 saturated heterocycles. The lowest BCUT2D eigenvalue weighted by molar-refractivity contribution is 0.110. The average Bonchev–Trinajstić information content (AvgIpc) is 2.41. The fraction of sp³-hybridized carbons (Fsp3) is 0.571. The number of methoxy groups -OCH3 is 1. The Labute approximate surface area is 109 Å². The normalized spacial score (nSPS) is 17.7. The minimum atomic E-state index is 0.266. The Bertz CT molecular complexity index is 365. The molecular formula is C14H22N2O2. The van der Waals surface area contributed by atoms with Crippen molar-refractivity contribution >= 4 is 0 Å². The fourth-order valence-corrected chi connectivity index (χ4v) is 2.29. The Morgan fingerprint density at radius 1 is 1.33 bits per heavy atom. The van der Waals surface area contributed by atoms with E-state index in [0.717, 1.165) is 43.0 Å². The third kappa shape index (κ3) is 2.94. The Balaban J connectivity index is 2.12. The number of para-hydroxylation sites is 1. The topological polar surface area (TPSA) is 47.7 Å². The minimum absolute atomic E-state index is 0.266. The maximum atomic E-state index is 6.12. The first kappa shape index (κ1) is 13.2. The molecule has 0 spiro atoms. The molecule has 2 N–H and O–H groups in total. The van der Waals surface area contributed by atoms with Gasteiger partial charge in [-0.1, -0.05) is 12.1 Å². The van der Waals surface area contributed by atoms with Crippen molar-refractivity contribution in [3.05, 3.63) is 23.8 Å². The molecule has 0 aromatic heterocycles. The van der Waals surface area contributed by atoms with Crippen LogP contribution in [-0.2, 0) is 6.54 Å². The highest BCUT2D eigenvalue weighted by Crippen LogP contribution is 2.33. The predicted molar refractivity (Wildman–Crippen MR) is 72.0 cm³/mol. The number of benzene rings is 1. The van der Waals surface area contributed by atoms with E-state index in [9.17, 15) is 0 Å². The maximum absolute atomic E-state index is 6.12. The molecule has 2 rings (SSSR count). The van der Waals surface area contributed by atoms with Crippen LogP contribution in [0, 0.1) is 0 Å². The largest absolute Gasteiger partial charge is 0.493 e.